The summed E-state index contributed by atoms with van der Waals surface area (Å²) < 4.78 is 1.60. The molecule has 0 saturated heterocycles. The van der Waals surface area contributed by atoms with E-state index >= 15 is 0 Å². The maximum atomic E-state index is 12.7. The van der Waals surface area contributed by atoms with Crippen LogP contribution >= 0.6 is 0 Å². The van der Waals surface area contributed by atoms with Crippen LogP contribution in [-0.4, -0.2) is 54.2 Å². The fourth-order valence-electron chi connectivity index (χ4n) is 3.28. The first kappa shape index (κ1) is 18.8. The zero-order chi connectivity index (χ0) is 20.4. The average Bonchev–Trinajstić information content (AvgIpc) is 3.35. The number of carbonyl (C=O) groups is 1. The molecule has 0 saturated carbocycles. The largest absolute Gasteiger partial charge is 0.339 e. The molecule has 1 N–H and O–H groups in total. The lowest BCUT2D eigenvalue weighted by Gasteiger charge is -2.14. The van der Waals surface area contributed by atoms with Crippen molar-refractivity contribution in [1.82, 2.24) is 34.7 Å². The third-order valence-electron chi connectivity index (χ3n) is 4.80. The molecule has 8 heteroatoms. The zero-order valence-electron chi connectivity index (χ0n) is 16.8. The van der Waals surface area contributed by atoms with Gasteiger partial charge in [-0.25, -0.2) is 9.50 Å². The molecule has 1 aromatic carbocycles. The van der Waals surface area contributed by atoms with E-state index in [4.69, 9.17) is 0 Å². The van der Waals surface area contributed by atoms with Gasteiger partial charge in [0.1, 0.15) is 0 Å². The molecule has 1 amide bonds. The van der Waals surface area contributed by atoms with Gasteiger partial charge in [0.15, 0.2) is 0 Å². The molecular weight excluding hydrogens is 366 g/mol. The number of nitrogens with zero attached hydrogens (tertiary/aromatic N) is 6. The van der Waals surface area contributed by atoms with E-state index in [1.807, 2.05) is 50.2 Å². The second-order valence-electron chi connectivity index (χ2n) is 7.16. The highest BCUT2D eigenvalue weighted by atomic mass is 16.2. The van der Waals surface area contributed by atoms with Gasteiger partial charge in [0.05, 0.1) is 5.69 Å². The SMILES string of the molecule is Cc1cc(C)n2nc(C(=O)N(C)CCCc3cc(-c4ccccc4)n[nH]3)nc2n1. The Morgan fingerprint density at radius 3 is 2.72 bits per heavy atom. The number of hydrogen-bond donors (Lipinski definition) is 1. The predicted octanol–water partition coefficient (Wildman–Crippen LogP) is 2.84. The minimum absolute atomic E-state index is 0.168. The number of benzene rings is 1. The number of rotatable bonds is 6. The molecular formula is C21H23N7O. The lowest BCUT2D eigenvalue weighted by Crippen LogP contribution is -2.29. The molecule has 4 rings (SSSR count). The third kappa shape index (κ3) is 4.01. The summed E-state index contributed by atoms with van der Waals surface area (Å²) >= 11 is 0. The summed E-state index contributed by atoms with van der Waals surface area (Å²) in [5.41, 5.74) is 4.81. The lowest BCUT2D eigenvalue weighted by atomic mass is 10.1. The lowest BCUT2D eigenvalue weighted by molar-refractivity contribution is 0.0781. The van der Waals surface area contributed by atoms with Crippen molar-refractivity contribution in [1.29, 1.82) is 0 Å². The number of aromatic amines is 1. The Labute approximate surface area is 168 Å². The highest BCUT2D eigenvalue weighted by Gasteiger charge is 2.18. The highest BCUT2D eigenvalue weighted by molar-refractivity contribution is 5.90. The normalized spacial score (nSPS) is 11.1. The highest BCUT2D eigenvalue weighted by Crippen LogP contribution is 2.17. The minimum atomic E-state index is -0.206. The number of carbonyl (C=O) groups excluding carboxylic acids is 1. The van der Waals surface area contributed by atoms with Gasteiger partial charge in [-0.2, -0.15) is 10.1 Å². The van der Waals surface area contributed by atoms with Crippen molar-refractivity contribution < 1.29 is 4.79 Å². The quantitative estimate of drug-likeness (QED) is 0.547. The number of aromatic nitrogens is 6. The number of fused-ring (bicyclic) bond motifs is 1. The van der Waals surface area contributed by atoms with Crippen molar-refractivity contribution >= 4 is 11.7 Å². The van der Waals surface area contributed by atoms with E-state index in [0.29, 0.717) is 12.3 Å². The summed E-state index contributed by atoms with van der Waals surface area (Å²) in [6.07, 6.45) is 1.61. The van der Waals surface area contributed by atoms with Crippen molar-refractivity contribution in [3.63, 3.8) is 0 Å². The van der Waals surface area contributed by atoms with Crippen LogP contribution in [0.4, 0.5) is 0 Å². The van der Waals surface area contributed by atoms with E-state index < -0.39 is 0 Å². The fraction of sp³-hybridized carbons (Fsp3) is 0.286. The first-order valence-corrected chi connectivity index (χ1v) is 9.57. The van der Waals surface area contributed by atoms with Crippen molar-refractivity contribution in [2.24, 2.45) is 0 Å². The first-order valence-electron chi connectivity index (χ1n) is 9.57. The van der Waals surface area contributed by atoms with Gasteiger partial charge in [0.2, 0.25) is 5.82 Å². The fourth-order valence-corrected chi connectivity index (χ4v) is 3.28. The Bertz CT molecular complexity index is 1150. The number of amides is 1. The van der Waals surface area contributed by atoms with Gasteiger partial charge in [-0.1, -0.05) is 30.3 Å². The first-order chi connectivity index (χ1) is 14.0. The maximum absolute atomic E-state index is 12.7. The summed E-state index contributed by atoms with van der Waals surface area (Å²) in [5, 5.41) is 11.8. The Hall–Kier alpha value is -3.55. The molecule has 0 unspecified atom stereocenters. The Kier molecular flexibility index (Phi) is 5.07. The zero-order valence-corrected chi connectivity index (χ0v) is 16.8. The van der Waals surface area contributed by atoms with Gasteiger partial charge in [0.25, 0.3) is 11.7 Å². The van der Waals surface area contributed by atoms with Crippen LogP contribution in [0.2, 0.25) is 0 Å². The molecule has 0 aliphatic rings. The Balaban J connectivity index is 1.36. The van der Waals surface area contributed by atoms with Crippen LogP contribution in [-0.2, 0) is 6.42 Å². The van der Waals surface area contributed by atoms with Crippen molar-refractivity contribution in [3.8, 4) is 11.3 Å². The van der Waals surface area contributed by atoms with Crippen LogP contribution in [0.5, 0.6) is 0 Å². The molecule has 8 nitrogen and oxygen atoms in total. The molecule has 148 valence electrons. The molecule has 0 aliphatic heterocycles. The van der Waals surface area contributed by atoms with Gasteiger partial charge >= 0.3 is 0 Å². The van der Waals surface area contributed by atoms with Crippen LogP contribution in [0.3, 0.4) is 0 Å². The molecule has 29 heavy (non-hydrogen) atoms. The molecule has 0 radical (unpaired) electrons. The molecule has 0 bridgehead atoms. The van der Waals surface area contributed by atoms with Gasteiger partial charge in [0, 0.05) is 36.2 Å². The van der Waals surface area contributed by atoms with Gasteiger partial charge in [-0.15, -0.1) is 5.10 Å². The van der Waals surface area contributed by atoms with Crippen molar-refractivity contribution in [2.75, 3.05) is 13.6 Å². The number of aryl methyl sites for hydroxylation is 3. The van der Waals surface area contributed by atoms with Gasteiger partial charge in [-0.3, -0.25) is 9.89 Å². The smallest absolute Gasteiger partial charge is 0.293 e. The molecule has 0 aliphatic carbocycles. The predicted molar refractivity (Wildman–Crippen MR) is 110 cm³/mol. The van der Waals surface area contributed by atoms with E-state index in [1.54, 1.807) is 16.5 Å². The monoisotopic (exact) mass is 389 g/mol. The summed E-state index contributed by atoms with van der Waals surface area (Å²) in [7, 11) is 1.77. The van der Waals surface area contributed by atoms with Gasteiger partial charge in [-0.05, 0) is 38.8 Å². The number of hydrogen-bond acceptors (Lipinski definition) is 5. The standard InChI is InChI=1S/C21H23N7O/c1-14-12-15(2)28-21(22-14)23-19(26-28)20(29)27(3)11-7-10-17-13-18(25-24-17)16-8-5-4-6-9-16/h4-6,8-9,12-13H,7,10-11H2,1-3H3,(H,24,25). The molecule has 3 aromatic heterocycles. The van der Waals surface area contributed by atoms with E-state index in [0.717, 1.165) is 41.2 Å². The summed E-state index contributed by atoms with van der Waals surface area (Å²) in [6.45, 7) is 4.41. The van der Waals surface area contributed by atoms with Crippen LogP contribution in [0.15, 0.2) is 42.5 Å². The molecule has 4 aromatic rings. The number of nitrogens with one attached hydrogen (secondary N) is 1. The van der Waals surface area contributed by atoms with Crippen molar-refractivity contribution in [2.45, 2.75) is 26.7 Å². The summed E-state index contributed by atoms with van der Waals surface area (Å²) in [4.78, 5) is 23.0. The Morgan fingerprint density at radius 1 is 1.14 bits per heavy atom. The van der Waals surface area contributed by atoms with Crippen LogP contribution in [0.25, 0.3) is 17.0 Å². The van der Waals surface area contributed by atoms with Gasteiger partial charge < -0.3 is 4.90 Å². The second kappa shape index (κ2) is 7.83. The summed E-state index contributed by atoms with van der Waals surface area (Å²) in [5.74, 6) is 0.411. The Morgan fingerprint density at radius 2 is 1.93 bits per heavy atom. The third-order valence-corrected chi connectivity index (χ3v) is 4.80. The molecule has 0 fully saturated rings. The van der Waals surface area contributed by atoms with Crippen LogP contribution in [0, 0.1) is 13.8 Å². The second-order valence-corrected chi connectivity index (χ2v) is 7.16. The van der Waals surface area contributed by atoms with E-state index in [9.17, 15) is 4.79 Å². The molecule has 0 atom stereocenters. The molecule has 3 heterocycles. The van der Waals surface area contributed by atoms with Crippen LogP contribution in [0.1, 0.15) is 34.1 Å². The minimum Gasteiger partial charge on any atom is -0.339 e. The molecule has 0 spiro atoms. The number of H-pyrrole nitrogens is 1. The van der Waals surface area contributed by atoms with E-state index in [2.05, 4.69) is 31.3 Å². The van der Waals surface area contributed by atoms with E-state index in [-0.39, 0.29) is 11.7 Å². The van der Waals surface area contributed by atoms with Crippen molar-refractivity contribution in [3.05, 3.63) is 65.4 Å². The summed E-state index contributed by atoms with van der Waals surface area (Å²) in [6, 6.07) is 14.0. The topological polar surface area (TPSA) is 92.1 Å². The van der Waals surface area contributed by atoms with Crippen LogP contribution < -0.4 is 0 Å². The van der Waals surface area contributed by atoms with E-state index in [1.165, 1.54) is 0 Å². The average molecular weight is 389 g/mol. The maximum Gasteiger partial charge on any atom is 0.293 e.